The third-order valence-corrected chi connectivity index (χ3v) is 4.32. The molecule has 4 heteroatoms. The molecule has 0 aliphatic heterocycles. The van der Waals surface area contributed by atoms with Crippen LogP contribution in [0.2, 0.25) is 0 Å². The Kier molecular flexibility index (Phi) is 4.44. The molecule has 16 heavy (non-hydrogen) atoms. The molecule has 2 nitrogen and oxygen atoms in total. The van der Waals surface area contributed by atoms with E-state index in [1.807, 2.05) is 45.9 Å². The first kappa shape index (κ1) is 13.6. The number of nitrogens with zero attached hydrogens (tertiary/aromatic N) is 1. The number of hydrogen-bond donors (Lipinski definition) is 0. The van der Waals surface area contributed by atoms with Crippen molar-refractivity contribution < 1.29 is 4.21 Å². The van der Waals surface area contributed by atoms with Crippen molar-refractivity contribution in [3.05, 3.63) is 33.8 Å². The molecule has 0 saturated heterocycles. The molecule has 0 amide bonds. The fraction of sp³-hybridized carbons (Fsp3) is 0.417. The van der Waals surface area contributed by atoms with Gasteiger partial charge in [-0.05, 0) is 44.9 Å². The van der Waals surface area contributed by atoms with Gasteiger partial charge in [-0.3, -0.25) is 0 Å². The summed E-state index contributed by atoms with van der Waals surface area (Å²) < 4.78 is 16.6. The SMILES string of the molecule is Cc1c(Br)cccc1C=N[S@](=O)C(C)(C)C. The highest BCUT2D eigenvalue weighted by Crippen LogP contribution is 2.19. The third-order valence-electron chi connectivity index (χ3n) is 2.12. The van der Waals surface area contributed by atoms with E-state index >= 15 is 0 Å². The Bertz CT molecular complexity index is 435. The molecule has 0 bridgehead atoms. The van der Waals surface area contributed by atoms with Gasteiger partial charge in [0.05, 0.1) is 4.75 Å². The second-order valence-corrected chi connectivity index (χ2v) is 7.34. The highest BCUT2D eigenvalue weighted by atomic mass is 79.9. The van der Waals surface area contributed by atoms with Crippen molar-refractivity contribution in [1.29, 1.82) is 0 Å². The smallest absolute Gasteiger partial charge is 0.144 e. The Morgan fingerprint density at radius 3 is 2.56 bits per heavy atom. The first-order chi connectivity index (χ1) is 7.32. The zero-order chi connectivity index (χ0) is 12.3. The average Bonchev–Trinajstić information content (AvgIpc) is 2.18. The summed E-state index contributed by atoms with van der Waals surface area (Å²) in [4.78, 5) is 0. The van der Waals surface area contributed by atoms with Crippen LogP contribution >= 0.6 is 15.9 Å². The molecule has 0 aliphatic rings. The zero-order valence-electron chi connectivity index (χ0n) is 9.95. The zero-order valence-corrected chi connectivity index (χ0v) is 12.4. The van der Waals surface area contributed by atoms with Crippen LogP contribution in [0.3, 0.4) is 0 Å². The maximum Gasteiger partial charge on any atom is 0.144 e. The van der Waals surface area contributed by atoms with Gasteiger partial charge in [0.2, 0.25) is 0 Å². The first-order valence-corrected chi connectivity index (χ1v) is 6.93. The van der Waals surface area contributed by atoms with Gasteiger partial charge in [0.15, 0.2) is 0 Å². The van der Waals surface area contributed by atoms with E-state index in [-0.39, 0.29) is 4.75 Å². The van der Waals surface area contributed by atoms with E-state index in [2.05, 4.69) is 20.3 Å². The molecule has 0 saturated carbocycles. The molecular formula is C12H16BrNOS. The first-order valence-electron chi connectivity index (χ1n) is 5.03. The molecule has 0 unspecified atom stereocenters. The van der Waals surface area contributed by atoms with Gasteiger partial charge in [-0.2, -0.15) is 4.40 Å². The minimum atomic E-state index is -1.20. The summed E-state index contributed by atoms with van der Waals surface area (Å²) in [5.41, 5.74) is 2.10. The van der Waals surface area contributed by atoms with Crippen molar-refractivity contribution in [1.82, 2.24) is 0 Å². The summed E-state index contributed by atoms with van der Waals surface area (Å²) in [5.74, 6) is 0. The van der Waals surface area contributed by atoms with Gasteiger partial charge in [0, 0.05) is 10.7 Å². The monoisotopic (exact) mass is 301 g/mol. The average molecular weight is 302 g/mol. The van der Waals surface area contributed by atoms with Gasteiger partial charge < -0.3 is 0 Å². The maximum atomic E-state index is 11.7. The second-order valence-electron chi connectivity index (χ2n) is 4.55. The lowest BCUT2D eigenvalue weighted by Gasteiger charge is -2.12. The van der Waals surface area contributed by atoms with Crippen LogP contribution in [0.15, 0.2) is 27.1 Å². The summed E-state index contributed by atoms with van der Waals surface area (Å²) >= 11 is 3.46. The van der Waals surface area contributed by atoms with Crippen molar-refractivity contribution >= 4 is 33.1 Å². The molecule has 0 N–H and O–H groups in total. The van der Waals surface area contributed by atoms with Crippen molar-refractivity contribution in [2.75, 3.05) is 0 Å². The Balaban J connectivity index is 2.94. The lowest BCUT2D eigenvalue weighted by molar-refractivity contribution is 0.651. The van der Waals surface area contributed by atoms with Gasteiger partial charge in [-0.25, -0.2) is 4.21 Å². The molecule has 0 aliphatic carbocycles. The van der Waals surface area contributed by atoms with Gasteiger partial charge >= 0.3 is 0 Å². The lowest BCUT2D eigenvalue weighted by Crippen LogP contribution is -2.19. The molecule has 1 aromatic carbocycles. The summed E-state index contributed by atoms with van der Waals surface area (Å²) in [6.45, 7) is 7.74. The van der Waals surface area contributed by atoms with Gasteiger partial charge in [-0.15, -0.1) is 0 Å². The Hall–Kier alpha value is -0.480. The minimum absolute atomic E-state index is 0.309. The van der Waals surface area contributed by atoms with Gasteiger partial charge in [-0.1, -0.05) is 28.1 Å². The normalized spacial score (nSPS) is 14.3. The predicted molar refractivity (Wildman–Crippen MR) is 74.4 cm³/mol. The molecule has 0 radical (unpaired) electrons. The summed E-state index contributed by atoms with van der Waals surface area (Å²) in [6.07, 6.45) is 1.68. The van der Waals surface area contributed by atoms with Crippen LogP contribution in [0.4, 0.5) is 0 Å². The molecule has 1 rings (SSSR count). The van der Waals surface area contributed by atoms with E-state index in [9.17, 15) is 4.21 Å². The molecular weight excluding hydrogens is 286 g/mol. The minimum Gasteiger partial charge on any atom is -0.234 e. The summed E-state index contributed by atoms with van der Waals surface area (Å²) in [7, 11) is -1.20. The molecule has 0 spiro atoms. The van der Waals surface area contributed by atoms with Crippen LogP contribution in [0.25, 0.3) is 0 Å². The predicted octanol–water partition coefficient (Wildman–Crippen LogP) is 3.64. The molecule has 0 heterocycles. The number of hydrogen-bond acceptors (Lipinski definition) is 1. The lowest BCUT2D eigenvalue weighted by atomic mass is 10.1. The summed E-state index contributed by atoms with van der Waals surface area (Å²) in [5, 5.41) is 0. The quantitative estimate of drug-likeness (QED) is 0.767. The van der Waals surface area contributed by atoms with Crippen molar-refractivity contribution in [3.63, 3.8) is 0 Å². The standard InChI is InChI=1S/C12H16BrNOS/c1-9-10(6-5-7-11(9)13)8-14-16(15)12(2,3)4/h5-8H,1-4H3/t16-/m1/s1. The van der Waals surface area contributed by atoms with Crippen LogP contribution in [-0.2, 0) is 11.0 Å². The van der Waals surface area contributed by atoms with Crippen LogP contribution in [0, 0.1) is 6.92 Å². The number of rotatable bonds is 2. The topological polar surface area (TPSA) is 29.4 Å². The van der Waals surface area contributed by atoms with E-state index in [0.717, 1.165) is 15.6 Å². The van der Waals surface area contributed by atoms with Crippen LogP contribution < -0.4 is 0 Å². The Morgan fingerprint density at radius 1 is 1.38 bits per heavy atom. The van der Waals surface area contributed by atoms with E-state index in [4.69, 9.17) is 0 Å². The number of halogens is 1. The van der Waals surface area contributed by atoms with E-state index in [1.54, 1.807) is 6.21 Å². The van der Waals surface area contributed by atoms with E-state index < -0.39 is 11.0 Å². The van der Waals surface area contributed by atoms with Crippen LogP contribution in [0.5, 0.6) is 0 Å². The summed E-state index contributed by atoms with van der Waals surface area (Å²) in [6, 6.07) is 5.88. The van der Waals surface area contributed by atoms with Crippen molar-refractivity contribution in [2.45, 2.75) is 32.4 Å². The highest BCUT2D eigenvalue weighted by molar-refractivity contribution is 9.10. The van der Waals surface area contributed by atoms with Crippen molar-refractivity contribution in [2.24, 2.45) is 4.40 Å². The molecule has 1 atom stereocenters. The van der Waals surface area contributed by atoms with Gasteiger partial charge in [0.1, 0.15) is 11.0 Å². The molecule has 0 fully saturated rings. The Morgan fingerprint density at radius 2 is 2.00 bits per heavy atom. The Labute approximate surface area is 108 Å². The number of benzene rings is 1. The van der Waals surface area contributed by atoms with Crippen LogP contribution in [-0.4, -0.2) is 15.2 Å². The largest absolute Gasteiger partial charge is 0.234 e. The van der Waals surface area contributed by atoms with Gasteiger partial charge in [0.25, 0.3) is 0 Å². The molecule has 88 valence electrons. The van der Waals surface area contributed by atoms with Crippen molar-refractivity contribution in [3.8, 4) is 0 Å². The highest BCUT2D eigenvalue weighted by Gasteiger charge is 2.18. The maximum absolute atomic E-state index is 11.7. The molecule has 1 aromatic rings. The molecule has 0 aromatic heterocycles. The van der Waals surface area contributed by atoms with E-state index in [1.165, 1.54) is 0 Å². The van der Waals surface area contributed by atoms with Crippen LogP contribution in [0.1, 0.15) is 31.9 Å². The second kappa shape index (κ2) is 5.23. The third kappa shape index (κ3) is 3.52. The van der Waals surface area contributed by atoms with E-state index in [0.29, 0.717) is 0 Å². The fourth-order valence-electron chi connectivity index (χ4n) is 1.03. The fourth-order valence-corrected chi connectivity index (χ4v) is 1.93.